The van der Waals surface area contributed by atoms with Crippen LogP contribution in [0.15, 0.2) is 23.6 Å². The number of rotatable bonds is 2. The summed E-state index contributed by atoms with van der Waals surface area (Å²) in [5.41, 5.74) is 0.513. The summed E-state index contributed by atoms with van der Waals surface area (Å²) in [6.45, 7) is 0. The molecule has 0 saturated carbocycles. The first-order chi connectivity index (χ1) is 5.77. The van der Waals surface area contributed by atoms with Gasteiger partial charge in [-0.15, -0.1) is 0 Å². The number of aromatic nitrogens is 1. The van der Waals surface area contributed by atoms with Crippen LogP contribution in [0.2, 0.25) is 0 Å². The molecule has 0 aliphatic heterocycles. The maximum Gasteiger partial charge on any atom is 0.177 e. The van der Waals surface area contributed by atoms with Crippen LogP contribution in [0.1, 0.15) is 5.56 Å². The highest BCUT2D eigenvalue weighted by Crippen LogP contribution is 2.12. The Morgan fingerprint density at radius 2 is 2.42 bits per heavy atom. The second-order valence-corrected chi connectivity index (χ2v) is 2.36. The first-order valence-corrected chi connectivity index (χ1v) is 3.52. The summed E-state index contributed by atoms with van der Waals surface area (Å²) in [6, 6.07) is 1.62. The van der Waals surface area contributed by atoms with Gasteiger partial charge in [0.2, 0.25) is 0 Å². The summed E-state index contributed by atoms with van der Waals surface area (Å²) < 4.78 is 4.89. The number of oxime groups is 1. The molecule has 64 valence electrons. The van der Waals surface area contributed by atoms with Gasteiger partial charge in [0.1, 0.15) is 5.75 Å². The van der Waals surface area contributed by atoms with E-state index in [1.165, 1.54) is 19.5 Å². The third kappa shape index (κ3) is 1.85. The maximum absolute atomic E-state index is 8.34. The highest BCUT2D eigenvalue weighted by molar-refractivity contribution is 6.69. The van der Waals surface area contributed by atoms with Crippen molar-refractivity contribution in [2.75, 3.05) is 7.11 Å². The molecule has 0 unspecified atom stereocenters. The van der Waals surface area contributed by atoms with Gasteiger partial charge in [-0.05, 0) is 6.07 Å². The number of hydrogen-bond acceptors (Lipinski definition) is 4. The molecule has 5 heteroatoms. The highest BCUT2D eigenvalue weighted by atomic mass is 35.5. The van der Waals surface area contributed by atoms with Gasteiger partial charge in [-0.3, -0.25) is 4.98 Å². The number of halogens is 1. The molecule has 1 aromatic rings. The molecule has 0 aromatic carbocycles. The fraction of sp³-hybridized carbons (Fsp3) is 0.143. The highest BCUT2D eigenvalue weighted by Gasteiger charge is 2.01. The SMILES string of the molecule is COc1cncc(C(Cl)=NO)c1. The molecule has 0 saturated heterocycles. The smallest absolute Gasteiger partial charge is 0.177 e. The van der Waals surface area contributed by atoms with Crippen molar-refractivity contribution in [3.05, 3.63) is 24.0 Å². The van der Waals surface area contributed by atoms with E-state index in [1.807, 2.05) is 0 Å². The van der Waals surface area contributed by atoms with Crippen molar-refractivity contribution in [1.82, 2.24) is 4.98 Å². The van der Waals surface area contributed by atoms with Crippen LogP contribution < -0.4 is 4.74 Å². The second-order valence-electron chi connectivity index (χ2n) is 2.00. The molecule has 0 bridgehead atoms. The Kier molecular flexibility index (Phi) is 2.88. The zero-order valence-electron chi connectivity index (χ0n) is 6.36. The average molecular weight is 187 g/mol. The van der Waals surface area contributed by atoms with E-state index in [-0.39, 0.29) is 5.17 Å². The molecule has 4 nitrogen and oxygen atoms in total. The summed E-state index contributed by atoms with van der Waals surface area (Å²) in [5, 5.41) is 11.1. The average Bonchev–Trinajstić information content (AvgIpc) is 2.17. The van der Waals surface area contributed by atoms with Gasteiger partial charge in [-0.2, -0.15) is 0 Å². The molecule has 1 N–H and O–H groups in total. The molecule has 1 rings (SSSR count). The van der Waals surface area contributed by atoms with Gasteiger partial charge >= 0.3 is 0 Å². The Bertz CT molecular complexity index is 301. The zero-order valence-corrected chi connectivity index (χ0v) is 7.12. The van der Waals surface area contributed by atoms with Gasteiger partial charge in [0.25, 0.3) is 0 Å². The number of nitrogens with zero attached hydrogens (tertiary/aromatic N) is 2. The number of ether oxygens (including phenoxy) is 1. The van der Waals surface area contributed by atoms with Gasteiger partial charge in [0.05, 0.1) is 13.3 Å². The van der Waals surface area contributed by atoms with Crippen molar-refractivity contribution in [2.45, 2.75) is 0 Å². The standard InChI is InChI=1S/C7H7ClN2O2/c1-12-6-2-5(3-9-4-6)7(8)10-11/h2-4,11H,1H3. The summed E-state index contributed by atoms with van der Waals surface area (Å²) in [7, 11) is 1.52. The Morgan fingerprint density at radius 1 is 1.67 bits per heavy atom. The lowest BCUT2D eigenvalue weighted by Gasteiger charge is -1.99. The minimum absolute atomic E-state index is 0.0126. The van der Waals surface area contributed by atoms with Gasteiger partial charge < -0.3 is 9.94 Å². The zero-order chi connectivity index (χ0) is 8.97. The van der Waals surface area contributed by atoms with Crippen LogP contribution in [0.25, 0.3) is 0 Å². The van der Waals surface area contributed by atoms with Crippen LogP contribution in [0.5, 0.6) is 5.75 Å². The van der Waals surface area contributed by atoms with E-state index >= 15 is 0 Å². The third-order valence-corrected chi connectivity index (χ3v) is 1.57. The van der Waals surface area contributed by atoms with Crippen molar-refractivity contribution in [2.24, 2.45) is 5.16 Å². The van der Waals surface area contributed by atoms with Crippen molar-refractivity contribution in [1.29, 1.82) is 0 Å². The predicted octanol–water partition coefficient (Wildman–Crippen LogP) is 1.46. The van der Waals surface area contributed by atoms with Crippen LogP contribution >= 0.6 is 11.6 Å². The van der Waals surface area contributed by atoms with E-state index in [2.05, 4.69) is 10.1 Å². The van der Waals surface area contributed by atoms with Crippen LogP contribution in [0, 0.1) is 0 Å². The molecule has 1 aromatic heterocycles. The molecule has 0 aliphatic carbocycles. The van der Waals surface area contributed by atoms with Crippen molar-refractivity contribution >= 4 is 16.8 Å². The molecule has 0 atom stereocenters. The van der Waals surface area contributed by atoms with Gasteiger partial charge in [0, 0.05) is 11.8 Å². The maximum atomic E-state index is 8.34. The lowest BCUT2D eigenvalue weighted by atomic mass is 10.3. The van der Waals surface area contributed by atoms with Crippen LogP contribution in [-0.4, -0.2) is 22.5 Å². The first-order valence-electron chi connectivity index (χ1n) is 3.15. The second kappa shape index (κ2) is 3.92. The number of pyridine rings is 1. The summed E-state index contributed by atoms with van der Waals surface area (Å²) in [5.74, 6) is 0.564. The normalized spacial score (nSPS) is 11.3. The monoisotopic (exact) mass is 186 g/mol. The first kappa shape index (κ1) is 8.80. The Labute approximate surface area is 74.4 Å². The van der Waals surface area contributed by atoms with E-state index in [9.17, 15) is 0 Å². The number of hydrogen-bond donors (Lipinski definition) is 1. The van der Waals surface area contributed by atoms with Crippen LogP contribution in [0.3, 0.4) is 0 Å². The van der Waals surface area contributed by atoms with Gasteiger partial charge in [0.15, 0.2) is 5.17 Å². The molecule has 12 heavy (non-hydrogen) atoms. The molecule has 0 spiro atoms. The fourth-order valence-electron chi connectivity index (χ4n) is 0.701. The fourth-order valence-corrected chi connectivity index (χ4v) is 0.804. The topological polar surface area (TPSA) is 54.7 Å². The Balaban J connectivity index is 3.02. The largest absolute Gasteiger partial charge is 0.495 e. The van der Waals surface area contributed by atoms with E-state index in [1.54, 1.807) is 6.07 Å². The molecule has 1 heterocycles. The Morgan fingerprint density at radius 3 is 3.00 bits per heavy atom. The van der Waals surface area contributed by atoms with Gasteiger partial charge in [-0.25, -0.2) is 0 Å². The molecule has 0 fully saturated rings. The Hall–Kier alpha value is -1.29. The molecule has 0 radical (unpaired) electrons. The quantitative estimate of drug-likeness (QED) is 0.432. The molecular formula is C7H7ClN2O2. The van der Waals surface area contributed by atoms with Crippen molar-refractivity contribution in [3.63, 3.8) is 0 Å². The number of methoxy groups -OCH3 is 1. The van der Waals surface area contributed by atoms with Crippen LogP contribution in [0.4, 0.5) is 0 Å². The van der Waals surface area contributed by atoms with E-state index in [0.29, 0.717) is 11.3 Å². The minimum atomic E-state index is -0.0126. The van der Waals surface area contributed by atoms with Crippen molar-refractivity contribution < 1.29 is 9.94 Å². The summed E-state index contributed by atoms with van der Waals surface area (Å²) in [4.78, 5) is 3.82. The van der Waals surface area contributed by atoms with E-state index in [0.717, 1.165) is 0 Å². The predicted molar refractivity (Wildman–Crippen MR) is 45.0 cm³/mol. The molecular weight excluding hydrogens is 180 g/mol. The molecule has 0 aliphatic rings. The minimum Gasteiger partial charge on any atom is -0.495 e. The van der Waals surface area contributed by atoms with E-state index < -0.39 is 0 Å². The third-order valence-electron chi connectivity index (χ3n) is 1.27. The van der Waals surface area contributed by atoms with E-state index in [4.69, 9.17) is 21.5 Å². The summed E-state index contributed by atoms with van der Waals surface area (Å²) >= 11 is 5.52. The summed E-state index contributed by atoms with van der Waals surface area (Å²) in [6.07, 6.45) is 3.01. The van der Waals surface area contributed by atoms with Crippen LogP contribution in [-0.2, 0) is 0 Å². The lowest BCUT2D eigenvalue weighted by molar-refractivity contribution is 0.321. The lowest BCUT2D eigenvalue weighted by Crippen LogP contribution is -1.93. The molecule has 0 amide bonds. The van der Waals surface area contributed by atoms with Gasteiger partial charge in [-0.1, -0.05) is 16.8 Å². The van der Waals surface area contributed by atoms with Crippen molar-refractivity contribution in [3.8, 4) is 5.75 Å².